The van der Waals surface area contributed by atoms with Crippen LogP contribution in [0.5, 0.6) is 0 Å². The fourth-order valence-corrected chi connectivity index (χ4v) is 4.48. The molecule has 1 aromatic heterocycles. The predicted octanol–water partition coefficient (Wildman–Crippen LogP) is 6.18. The minimum absolute atomic E-state index is 0.250. The third-order valence-electron chi connectivity index (χ3n) is 5.50. The highest BCUT2D eigenvalue weighted by molar-refractivity contribution is 6.42. The van der Waals surface area contributed by atoms with Gasteiger partial charge >= 0.3 is 0 Å². The Labute approximate surface area is 186 Å². The normalized spacial score (nSPS) is 18.6. The van der Waals surface area contributed by atoms with E-state index in [1.807, 2.05) is 30.3 Å². The van der Waals surface area contributed by atoms with E-state index < -0.39 is 0 Å². The minimum Gasteiger partial charge on any atom is -0.483 e. The summed E-state index contributed by atoms with van der Waals surface area (Å²) in [5, 5.41) is 9.09. The molecular formula is C23H25Cl2N3O2. The molecule has 30 heavy (non-hydrogen) atoms. The summed E-state index contributed by atoms with van der Waals surface area (Å²) in [5.41, 5.74) is 3.07. The molecule has 0 bridgehead atoms. The molecule has 158 valence electrons. The number of anilines is 1. The summed E-state index contributed by atoms with van der Waals surface area (Å²) in [5.74, 6) is 2.38. The fraction of sp³-hybridized carbons (Fsp3) is 0.348. The molecule has 1 saturated heterocycles. The average Bonchev–Trinajstić information content (AvgIpc) is 2.75. The molecule has 1 fully saturated rings. The first-order chi connectivity index (χ1) is 14.5. The van der Waals surface area contributed by atoms with Gasteiger partial charge in [-0.15, -0.1) is 0 Å². The van der Waals surface area contributed by atoms with Gasteiger partial charge in [0.2, 0.25) is 0 Å². The smallest absolute Gasteiger partial charge is 0.290 e. The van der Waals surface area contributed by atoms with E-state index in [1.54, 1.807) is 6.33 Å². The van der Waals surface area contributed by atoms with Crippen molar-refractivity contribution in [3.8, 4) is 11.1 Å². The van der Waals surface area contributed by atoms with Crippen LogP contribution >= 0.6 is 23.2 Å². The molecule has 2 heterocycles. The zero-order valence-electron chi connectivity index (χ0n) is 17.1. The van der Waals surface area contributed by atoms with Gasteiger partial charge in [0.05, 0.1) is 20.9 Å². The van der Waals surface area contributed by atoms with Gasteiger partial charge in [0, 0.05) is 13.1 Å². The number of carbonyl (C=O) groups is 1. The van der Waals surface area contributed by atoms with E-state index in [1.165, 1.54) is 12.8 Å². The summed E-state index contributed by atoms with van der Waals surface area (Å²) in [4.78, 5) is 20.0. The molecule has 0 spiro atoms. The van der Waals surface area contributed by atoms with Crippen LogP contribution in [0.4, 0.5) is 5.82 Å². The van der Waals surface area contributed by atoms with Crippen LogP contribution in [-0.4, -0.2) is 34.6 Å². The van der Waals surface area contributed by atoms with Crippen LogP contribution in [0.1, 0.15) is 26.7 Å². The van der Waals surface area contributed by atoms with Crippen LogP contribution in [0.2, 0.25) is 10.0 Å². The number of benzene rings is 2. The van der Waals surface area contributed by atoms with E-state index in [2.05, 4.69) is 29.8 Å². The van der Waals surface area contributed by atoms with Gasteiger partial charge in [-0.05, 0) is 47.6 Å². The lowest BCUT2D eigenvalue weighted by Gasteiger charge is -2.37. The summed E-state index contributed by atoms with van der Waals surface area (Å²) in [6, 6.07) is 12.0. The second-order valence-corrected chi connectivity index (χ2v) is 8.47. The van der Waals surface area contributed by atoms with Crippen molar-refractivity contribution < 1.29 is 9.90 Å². The highest BCUT2D eigenvalue weighted by Crippen LogP contribution is 2.38. The highest BCUT2D eigenvalue weighted by Gasteiger charge is 2.26. The molecule has 3 aromatic rings. The Morgan fingerprint density at radius 3 is 2.63 bits per heavy atom. The molecule has 2 aromatic carbocycles. The third-order valence-corrected chi connectivity index (χ3v) is 6.24. The van der Waals surface area contributed by atoms with Crippen molar-refractivity contribution in [3.05, 3.63) is 52.8 Å². The van der Waals surface area contributed by atoms with Crippen LogP contribution in [0.25, 0.3) is 22.0 Å². The molecule has 7 heteroatoms. The molecule has 0 saturated carbocycles. The summed E-state index contributed by atoms with van der Waals surface area (Å²) in [7, 11) is 0. The second-order valence-electron chi connectivity index (χ2n) is 7.65. The summed E-state index contributed by atoms with van der Waals surface area (Å²) in [6.07, 6.45) is 4.16. The molecule has 2 atom stereocenters. The molecular weight excluding hydrogens is 421 g/mol. The Kier molecular flexibility index (Phi) is 7.51. The average molecular weight is 446 g/mol. The molecule has 5 nitrogen and oxygen atoms in total. The Morgan fingerprint density at radius 1 is 1.17 bits per heavy atom. The molecule has 4 rings (SSSR count). The Hall–Kier alpha value is -2.37. The molecule has 0 amide bonds. The Balaban J connectivity index is 0.000000806. The van der Waals surface area contributed by atoms with E-state index in [-0.39, 0.29) is 6.47 Å². The van der Waals surface area contributed by atoms with Gasteiger partial charge in [-0.2, -0.15) is 0 Å². The Bertz CT molecular complexity index is 1020. The van der Waals surface area contributed by atoms with Crippen molar-refractivity contribution in [1.82, 2.24) is 9.97 Å². The fourth-order valence-electron chi connectivity index (χ4n) is 4.19. The maximum Gasteiger partial charge on any atom is 0.290 e. The topological polar surface area (TPSA) is 66.3 Å². The standard InChI is InChI=1S/C22H23Cl2N3.CH2O2/c1-3-15-9-14(2)11-27(12-15)22-21-17(5-4-6-20(21)25-13-26-22)16-7-8-18(23)19(24)10-16;2-1-3/h4-8,10,13-15H,3,9,11-12H2,1-2H3;1H,(H,2,3). The molecule has 2 unspecified atom stereocenters. The monoisotopic (exact) mass is 445 g/mol. The summed E-state index contributed by atoms with van der Waals surface area (Å²) >= 11 is 12.4. The van der Waals surface area contributed by atoms with Crippen LogP contribution < -0.4 is 4.90 Å². The lowest BCUT2D eigenvalue weighted by Crippen LogP contribution is -2.40. The van der Waals surface area contributed by atoms with Gasteiger partial charge < -0.3 is 10.0 Å². The zero-order chi connectivity index (χ0) is 21.7. The molecule has 1 aliphatic rings. The van der Waals surface area contributed by atoms with Crippen LogP contribution in [0.3, 0.4) is 0 Å². The first-order valence-electron chi connectivity index (χ1n) is 10.00. The van der Waals surface area contributed by atoms with Gasteiger partial charge in [-0.3, -0.25) is 4.79 Å². The lowest BCUT2D eigenvalue weighted by atomic mass is 9.88. The van der Waals surface area contributed by atoms with Gasteiger partial charge in [0.1, 0.15) is 12.1 Å². The van der Waals surface area contributed by atoms with Gasteiger partial charge in [-0.1, -0.05) is 61.7 Å². The first-order valence-corrected chi connectivity index (χ1v) is 10.8. The van der Waals surface area contributed by atoms with Crippen LogP contribution in [0, 0.1) is 11.8 Å². The minimum atomic E-state index is -0.250. The molecule has 0 aliphatic carbocycles. The van der Waals surface area contributed by atoms with E-state index >= 15 is 0 Å². The van der Waals surface area contributed by atoms with Gasteiger partial charge in [0.15, 0.2) is 0 Å². The predicted molar refractivity (Wildman–Crippen MR) is 123 cm³/mol. The number of halogens is 2. The van der Waals surface area contributed by atoms with Gasteiger partial charge in [0.25, 0.3) is 6.47 Å². The summed E-state index contributed by atoms with van der Waals surface area (Å²) < 4.78 is 0. The number of fused-ring (bicyclic) bond motifs is 1. The lowest BCUT2D eigenvalue weighted by molar-refractivity contribution is -0.122. The van der Waals surface area contributed by atoms with E-state index in [9.17, 15) is 0 Å². The number of hydrogen-bond acceptors (Lipinski definition) is 4. The first kappa shape index (κ1) is 22.3. The van der Waals surface area contributed by atoms with Crippen LogP contribution in [-0.2, 0) is 4.79 Å². The van der Waals surface area contributed by atoms with Crippen molar-refractivity contribution in [2.24, 2.45) is 11.8 Å². The molecule has 0 radical (unpaired) electrons. The third kappa shape index (κ3) is 4.85. The van der Waals surface area contributed by atoms with Crippen molar-refractivity contribution in [2.45, 2.75) is 26.7 Å². The summed E-state index contributed by atoms with van der Waals surface area (Å²) in [6.45, 7) is 6.43. The number of hydrogen-bond donors (Lipinski definition) is 1. The van der Waals surface area contributed by atoms with Crippen molar-refractivity contribution >= 4 is 46.4 Å². The highest BCUT2D eigenvalue weighted by atomic mass is 35.5. The maximum absolute atomic E-state index is 8.36. The SMILES string of the molecule is CCC1CC(C)CN(c2ncnc3cccc(-c4ccc(Cl)c(Cl)c4)c23)C1.O=CO. The number of nitrogens with zero attached hydrogens (tertiary/aromatic N) is 3. The number of rotatable bonds is 3. The number of carboxylic acid groups (broad SMARTS) is 1. The van der Waals surface area contributed by atoms with Crippen LogP contribution in [0.15, 0.2) is 42.7 Å². The van der Waals surface area contributed by atoms with E-state index in [0.717, 1.165) is 40.9 Å². The number of aromatic nitrogens is 2. The molecule has 1 aliphatic heterocycles. The quantitative estimate of drug-likeness (QED) is 0.487. The zero-order valence-corrected chi connectivity index (χ0v) is 18.6. The van der Waals surface area contributed by atoms with Crippen molar-refractivity contribution in [2.75, 3.05) is 18.0 Å². The number of piperidine rings is 1. The Morgan fingerprint density at radius 2 is 1.93 bits per heavy atom. The van der Waals surface area contributed by atoms with Crippen molar-refractivity contribution in [1.29, 1.82) is 0 Å². The maximum atomic E-state index is 8.36. The molecule has 1 N–H and O–H groups in total. The second kappa shape index (κ2) is 10.1. The van der Waals surface area contributed by atoms with E-state index in [0.29, 0.717) is 21.9 Å². The van der Waals surface area contributed by atoms with E-state index in [4.69, 9.17) is 38.1 Å². The van der Waals surface area contributed by atoms with Gasteiger partial charge in [-0.25, -0.2) is 9.97 Å². The van der Waals surface area contributed by atoms with Crippen molar-refractivity contribution in [3.63, 3.8) is 0 Å². The largest absolute Gasteiger partial charge is 0.483 e.